The highest BCUT2D eigenvalue weighted by Gasteiger charge is 2.03. The topological polar surface area (TPSA) is 26.0 Å². The Kier molecular flexibility index (Phi) is 12.6. The van der Waals surface area contributed by atoms with E-state index in [1.54, 1.807) is 0 Å². The molecule has 27 heavy (non-hydrogen) atoms. The summed E-state index contributed by atoms with van der Waals surface area (Å²) in [5, 5.41) is 0. The van der Waals surface area contributed by atoms with Crippen molar-refractivity contribution < 1.29 is 0 Å². The summed E-state index contributed by atoms with van der Waals surface area (Å²) in [4.78, 5) is 0. The molecule has 0 saturated heterocycles. The van der Waals surface area contributed by atoms with Crippen LogP contribution in [0.4, 0.5) is 0 Å². The van der Waals surface area contributed by atoms with Crippen LogP contribution in [0.5, 0.6) is 0 Å². The van der Waals surface area contributed by atoms with Crippen LogP contribution < -0.4 is 5.73 Å². The highest BCUT2D eigenvalue weighted by molar-refractivity contribution is 5.22. The van der Waals surface area contributed by atoms with Crippen LogP contribution in [-0.4, -0.2) is 6.04 Å². The molecule has 1 aromatic carbocycles. The molecule has 3 rings (SSSR count). The Morgan fingerprint density at radius 1 is 0.444 bits per heavy atom. The number of aryl methyl sites for hydroxylation is 2. The number of hydrogen-bond donors (Lipinski definition) is 1. The second-order valence-corrected chi connectivity index (χ2v) is 8.96. The van der Waals surface area contributed by atoms with Gasteiger partial charge in [-0.05, 0) is 49.7 Å². The first-order valence-electron chi connectivity index (χ1n) is 12.2. The van der Waals surface area contributed by atoms with Gasteiger partial charge in [-0.3, -0.25) is 0 Å². The third-order valence-electron chi connectivity index (χ3n) is 6.35. The van der Waals surface area contributed by atoms with Crippen molar-refractivity contribution in [3.63, 3.8) is 0 Å². The van der Waals surface area contributed by atoms with E-state index < -0.39 is 0 Å². The summed E-state index contributed by atoms with van der Waals surface area (Å²) < 4.78 is 0. The van der Waals surface area contributed by atoms with E-state index in [-0.39, 0.29) is 0 Å². The van der Waals surface area contributed by atoms with Crippen LogP contribution in [0.25, 0.3) is 0 Å². The molecule has 154 valence electrons. The van der Waals surface area contributed by atoms with Crippen molar-refractivity contribution >= 4 is 0 Å². The smallest absolute Gasteiger partial charge is 0.00388 e. The molecule has 0 aromatic heterocycles. The minimum atomic E-state index is 0.460. The zero-order chi connectivity index (χ0) is 19.0. The lowest BCUT2D eigenvalue weighted by Gasteiger charge is -2.11. The van der Waals surface area contributed by atoms with Crippen LogP contribution in [0.1, 0.15) is 120 Å². The van der Waals surface area contributed by atoms with Crippen LogP contribution in [0.2, 0.25) is 0 Å². The summed E-state index contributed by atoms with van der Waals surface area (Å²) in [7, 11) is 0. The first-order valence-corrected chi connectivity index (χ1v) is 12.2. The van der Waals surface area contributed by atoms with Crippen molar-refractivity contribution in [2.24, 2.45) is 5.73 Å². The van der Waals surface area contributed by atoms with Gasteiger partial charge in [-0.25, -0.2) is 0 Å². The lowest BCUT2D eigenvalue weighted by atomic mass is 9.99. The van der Waals surface area contributed by atoms with Crippen LogP contribution in [0.15, 0.2) is 24.3 Å². The standard InChI is InChI=1S/C26H45N/c27-26-18-14-10-6-2-1-4-8-12-16-24-20-22-25(23-21-24)17-13-9-5-3-7-11-15-19-26/h20-23,26H,1-19,27H2. The molecule has 1 nitrogen and oxygen atoms in total. The SMILES string of the molecule is NC1CCCCCCCCCCc2ccc(cc2)CCCCCCCCC1. The number of rotatable bonds is 0. The van der Waals surface area contributed by atoms with E-state index in [1.807, 2.05) is 0 Å². The normalized spacial score (nSPS) is 23.5. The molecule has 1 unspecified atom stereocenters. The maximum atomic E-state index is 6.30. The molecule has 0 heterocycles. The van der Waals surface area contributed by atoms with E-state index in [0.29, 0.717) is 6.04 Å². The predicted octanol–water partition coefficient (Wildman–Crippen LogP) is 7.74. The lowest BCUT2D eigenvalue weighted by molar-refractivity contribution is 0.480. The van der Waals surface area contributed by atoms with Crippen molar-refractivity contribution in [3.05, 3.63) is 35.4 Å². The number of hydrogen-bond acceptors (Lipinski definition) is 1. The highest BCUT2D eigenvalue weighted by Crippen LogP contribution is 2.16. The van der Waals surface area contributed by atoms with Crippen LogP contribution >= 0.6 is 0 Å². The Hall–Kier alpha value is -0.820. The summed E-state index contributed by atoms with van der Waals surface area (Å²) in [6.07, 6.45) is 25.9. The lowest BCUT2D eigenvalue weighted by Crippen LogP contribution is -2.19. The Labute approximate surface area is 169 Å². The van der Waals surface area contributed by atoms with Crippen LogP contribution in [0.3, 0.4) is 0 Å². The fourth-order valence-electron chi connectivity index (χ4n) is 4.43. The molecule has 0 aliphatic heterocycles. The summed E-state index contributed by atoms with van der Waals surface area (Å²) in [6.45, 7) is 0. The van der Waals surface area contributed by atoms with Gasteiger partial charge in [-0.15, -0.1) is 0 Å². The summed E-state index contributed by atoms with van der Waals surface area (Å²) in [5.41, 5.74) is 9.36. The fourth-order valence-corrected chi connectivity index (χ4v) is 4.43. The van der Waals surface area contributed by atoms with Gasteiger partial charge in [0.2, 0.25) is 0 Å². The molecule has 1 heteroatoms. The fraction of sp³-hybridized carbons (Fsp3) is 0.769. The molecule has 0 spiro atoms. The van der Waals surface area contributed by atoms with Crippen molar-refractivity contribution in [2.75, 3.05) is 0 Å². The van der Waals surface area contributed by atoms with Gasteiger partial charge < -0.3 is 5.73 Å². The van der Waals surface area contributed by atoms with E-state index >= 15 is 0 Å². The maximum Gasteiger partial charge on any atom is 0.00388 e. The van der Waals surface area contributed by atoms with E-state index in [1.165, 1.54) is 133 Å². The van der Waals surface area contributed by atoms with Crippen molar-refractivity contribution in [1.82, 2.24) is 0 Å². The van der Waals surface area contributed by atoms with Crippen molar-refractivity contribution in [2.45, 2.75) is 128 Å². The second-order valence-electron chi connectivity index (χ2n) is 8.96. The molecule has 1 aromatic rings. The molecule has 2 aliphatic carbocycles. The molecule has 0 radical (unpaired) electrons. The molecule has 2 bridgehead atoms. The number of fused-ring (bicyclic) bond motifs is 21. The molecular weight excluding hydrogens is 326 g/mol. The first kappa shape index (κ1) is 22.5. The Morgan fingerprint density at radius 3 is 1.11 bits per heavy atom. The summed E-state index contributed by atoms with van der Waals surface area (Å²) in [6, 6.07) is 9.95. The maximum absolute atomic E-state index is 6.30. The minimum Gasteiger partial charge on any atom is -0.328 e. The molecular formula is C26H45N. The largest absolute Gasteiger partial charge is 0.328 e. The molecule has 0 amide bonds. The quantitative estimate of drug-likeness (QED) is 0.495. The Bertz CT molecular complexity index is 450. The summed E-state index contributed by atoms with van der Waals surface area (Å²) >= 11 is 0. The third-order valence-corrected chi connectivity index (χ3v) is 6.35. The summed E-state index contributed by atoms with van der Waals surface area (Å²) in [5.74, 6) is 0. The van der Waals surface area contributed by atoms with E-state index in [0.717, 1.165) is 0 Å². The molecule has 1 atom stereocenters. The van der Waals surface area contributed by atoms with Gasteiger partial charge in [0.1, 0.15) is 0 Å². The Balaban J connectivity index is 1.68. The second kappa shape index (κ2) is 15.1. The molecule has 0 fully saturated rings. The molecule has 2 aliphatic rings. The number of benzene rings is 1. The van der Waals surface area contributed by atoms with Crippen molar-refractivity contribution in [3.8, 4) is 0 Å². The molecule has 2 N–H and O–H groups in total. The average Bonchev–Trinajstić information content (AvgIpc) is 2.68. The Morgan fingerprint density at radius 2 is 0.741 bits per heavy atom. The van der Waals surface area contributed by atoms with E-state index in [4.69, 9.17) is 5.73 Å². The van der Waals surface area contributed by atoms with Crippen LogP contribution in [-0.2, 0) is 12.8 Å². The third kappa shape index (κ3) is 11.6. The van der Waals surface area contributed by atoms with Crippen LogP contribution in [0, 0.1) is 0 Å². The van der Waals surface area contributed by atoms with Gasteiger partial charge in [0.25, 0.3) is 0 Å². The van der Waals surface area contributed by atoms with E-state index in [9.17, 15) is 0 Å². The average molecular weight is 372 g/mol. The monoisotopic (exact) mass is 371 g/mol. The zero-order valence-electron chi connectivity index (χ0n) is 17.9. The van der Waals surface area contributed by atoms with Gasteiger partial charge in [-0.2, -0.15) is 0 Å². The number of nitrogens with two attached hydrogens (primary N) is 1. The van der Waals surface area contributed by atoms with Crippen molar-refractivity contribution in [1.29, 1.82) is 0 Å². The predicted molar refractivity (Wildman–Crippen MR) is 120 cm³/mol. The van der Waals surface area contributed by atoms with Gasteiger partial charge >= 0.3 is 0 Å². The van der Waals surface area contributed by atoms with E-state index in [2.05, 4.69) is 24.3 Å². The molecule has 0 saturated carbocycles. The van der Waals surface area contributed by atoms with Gasteiger partial charge in [0.15, 0.2) is 0 Å². The highest BCUT2D eigenvalue weighted by atomic mass is 14.6. The zero-order valence-corrected chi connectivity index (χ0v) is 17.9. The minimum absolute atomic E-state index is 0.460. The van der Waals surface area contributed by atoms with Gasteiger partial charge in [0, 0.05) is 6.04 Å². The first-order chi connectivity index (χ1) is 13.3. The van der Waals surface area contributed by atoms with Gasteiger partial charge in [-0.1, -0.05) is 108 Å². The van der Waals surface area contributed by atoms with Gasteiger partial charge in [0.05, 0.1) is 0 Å².